The van der Waals surface area contributed by atoms with Gasteiger partial charge in [0.1, 0.15) is 18.8 Å². The number of aromatic nitrogens is 4. The molecular weight excluding hydrogens is 518 g/mol. The van der Waals surface area contributed by atoms with Gasteiger partial charge in [-0.3, -0.25) is 19.2 Å². The number of anilines is 1. The van der Waals surface area contributed by atoms with Crippen molar-refractivity contribution in [3.63, 3.8) is 0 Å². The number of hydrogen-bond acceptors (Lipinski definition) is 6. The fourth-order valence-corrected chi connectivity index (χ4v) is 5.18. The number of aliphatic hydroxyl groups excluding tert-OH is 1. The minimum atomic E-state index is -1.74. The van der Waals surface area contributed by atoms with Gasteiger partial charge < -0.3 is 15.3 Å². The zero-order chi connectivity index (χ0) is 27.4. The van der Waals surface area contributed by atoms with E-state index in [-0.39, 0.29) is 6.54 Å². The molecule has 1 aliphatic rings. The van der Waals surface area contributed by atoms with Gasteiger partial charge in [-0.25, -0.2) is 4.79 Å². The van der Waals surface area contributed by atoms with Crippen LogP contribution in [0.2, 0.25) is 5.02 Å². The highest BCUT2D eigenvalue weighted by molar-refractivity contribution is 6.30. The van der Waals surface area contributed by atoms with E-state index in [0.29, 0.717) is 34.9 Å². The van der Waals surface area contributed by atoms with Gasteiger partial charge in [0.15, 0.2) is 0 Å². The Hall–Kier alpha value is -4.28. The Morgan fingerprint density at radius 2 is 1.77 bits per heavy atom. The van der Waals surface area contributed by atoms with E-state index in [0.717, 1.165) is 0 Å². The number of carbonyl (C=O) groups is 2. The number of amides is 3. The van der Waals surface area contributed by atoms with Gasteiger partial charge in [-0.1, -0.05) is 54.9 Å². The first kappa shape index (κ1) is 26.3. The van der Waals surface area contributed by atoms with Gasteiger partial charge in [0.05, 0.1) is 11.7 Å². The van der Waals surface area contributed by atoms with Gasteiger partial charge in [0.25, 0.3) is 5.91 Å². The summed E-state index contributed by atoms with van der Waals surface area (Å²) in [5.74, 6) is -0.435. The van der Waals surface area contributed by atoms with E-state index in [1.165, 1.54) is 22.1 Å². The van der Waals surface area contributed by atoms with Crippen LogP contribution in [0.5, 0.6) is 0 Å². The standard InChI is InChI=1S/C28H28ClN7O3/c1-2-16-35-23(25(37)20-11-13-21(29)14-12-20)17-36(27(39)33-22-8-4-3-5-9-22)28(26(35)38,34-18-31-32-19-34)24-10-6-7-15-30-24/h3-15,18-19,23,25,37H,2,16-17H2,1H3,(H,33,39). The van der Waals surface area contributed by atoms with Crippen molar-refractivity contribution in [2.45, 2.75) is 31.2 Å². The lowest BCUT2D eigenvalue weighted by molar-refractivity contribution is -0.162. The van der Waals surface area contributed by atoms with Crippen molar-refractivity contribution in [2.24, 2.45) is 0 Å². The Bertz CT molecular complexity index is 1400. The van der Waals surface area contributed by atoms with Crippen LogP contribution in [-0.4, -0.2) is 65.7 Å². The molecule has 3 unspecified atom stereocenters. The Morgan fingerprint density at radius 3 is 2.41 bits per heavy atom. The highest BCUT2D eigenvalue weighted by Crippen LogP contribution is 2.40. The fraction of sp³-hybridized carbons (Fsp3) is 0.250. The Kier molecular flexibility index (Phi) is 7.58. The zero-order valence-corrected chi connectivity index (χ0v) is 22.0. The highest BCUT2D eigenvalue weighted by atomic mass is 35.5. The molecule has 2 aromatic carbocycles. The van der Waals surface area contributed by atoms with Gasteiger partial charge in [0, 0.05) is 30.0 Å². The number of rotatable bonds is 7. The molecule has 2 N–H and O–H groups in total. The lowest BCUT2D eigenvalue weighted by Gasteiger charge is -2.53. The predicted molar refractivity (Wildman–Crippen MR) is 146 cm³/mol. The Balaban J connectivity index is 1.68. The van der Waals surface area contributed by atoms with Crippen molar-refractivity contribution in [3.05, 3.63) is 108 Å². The molecule has 3 atom stereocenters. The Labute approximate surface area is 230 Å². The minimum Gasteiger partial charge on any atom is -0.386 e. The number of nitrogens with one attached hydrogen (secondary N) is 1. The van der Waals surface area contributed by atoms with Crippen molar-refractivity contribution in [1.29, 1.82) is 0 Å². The molecule has 0 radical (unpaired) electrons. The molecule has 200 valence electrons. The van der Waals surface area contributed by atoms with Crippen LogP contribution in [0.25, 0.3) is 0 Å². The number of para-hydroxylation sites is 1. The van der Waals surface area contributed by atoms with E-state index in [1.54, 1.807) is 77.8 Å². The van der Waals surface area contributed by atoms with E-state index in [4.69, 9.17) is 11.6 Å². The van der Waals surface area contributed by atoms with E-state index >= 15 is 0 Å². The summed E-state index contributed by atoms with van der Waals surface area (Å²) >= 11 is 6.08. The third-order valence-electron chi connectivity index (χ3n) is 6.84. The summed E-state index contributed by atoms with van der Waals surface area (Å²) < 4.78 is 1.50. The zero-order valence-electron chi connectivity index (χ0n) is 21.3. The summed E-state index contributed by atoms with van der Waals surface area (Å²) in [6, 6.07) is 19.7. The summed E-state index contributed by atoms with van der Waals surface area (Å²) in [5.41, 5.74) is -0.288. The van der Waals surface area contributed by atoms with Crippen LogP contribution in [0.3, 0.4) is 0 Å². The normalized spacial score (nSPS) is 20.1. The van der Waals surface area contributed by atoms with Crippen molar-refractivity contribution < 1.29 is 14.7 Å². The van der Waals surface area contributed by atoms with Gasteiger partial charge in [-0.2, -0.15) is 0 Å². The molecule has 0 spiro atoms. The first-order valence-corrected chi connectivity index (χ1v) is 13.0. The third kappa shape index (κ3) is 4.84. The molecule has 1 aliphatic heterocycles. The summed E-state index contributed by atoms with van der Waals surface area (Å²) in [4.78, 5) is 36.4. The van der Waals surface area contributed by atoms with E-state index in [9.17, 15) is 14.7 Å². The topological polar surface area (TPSA) is 116 Å². The molecule has 3 heterocycles. The maximum atomic E-state index is 14.8. The molecule has 0 bridgehead atoms. The average molecular weight is 546 g/mol. The number of aliphatic hydroxyl groups is 1. The minimum absolute atomic E-state index is 0.0110. The van der Waals surface area contributed by atoms with Crippen LogP contribution < -0.4 is 5.32 Å². The number of hydrogen-bond donors (Lipinski definition) is 2. The van der Waals surface area contributed by atoms with Crippen LogP contribution in [0.1, 0.15) is 30.7 Å². The second-order valence-electron chi connectivity index (χ2n) is 9.23. The number of urea groups is 1. The third-order valence-corrected chi connectivity index (χ3v) is 7.10. The lowest BCUT2D eigenvalue weighted by atomic mass is 9.90. The Morgan fingerprint density at radius 1 is 1.08 bits per heavy atom. The van der Waals surface area contributed by atoms with Crippen molar-refractivity contribution in [2.75, 3.05) is 18.4 Å². The first-order valence-electron chi connectivity index (χ1n) is 12.6. The second kappa shape index (κ2) is 11.2. The van der Waals surface area contributed by atoms with Gasteiger partial charge in [-0.05, 0) is 48.4 Å². The molecule has 0 saturated carbocycles. The molecule has 1 saturated heterocycles. The molecule has 5 rings (SSSR count). The van der Waals surface area contributed by atoms with Crippen molar-refractivity contribution in [3.8, 4) is 0 Å². The smallest absolute Gasteiger partial charge is 0.324 e. The first-order chi connectivity index (χ1) is 19.0. The van der Waals surface area contributed by atoms with Crippen molar-refractivity contribution >= 4 is 29.2 Å². The summed E-state index contributed by atoms with van der Waals surface area (Å²) in [6.07, 6.45) is 3.91. The number of carbonyl (C=O) groups excluding carboxylic acids is 2. The number of halogens is 1. The number of benzene rings is 2. The van der Waals surface area contributed by atoms with Crippen LogP contribution >= 0.6 is 11.6 Å². The average Bonchev–Trinajstić information content (AvgIpc) is 3.50. The molecule has 0 aliphatic carbocycles. The molecule has 3 amide bonds. The van der Waals surface area contributed by atoms with E-state index in [2.05, 4.69) is 20.5 Å². The highest BCUT2D eigenvalue weighted by Gasteiger charge is 2.59. The van der Waals surface area contributed by atoms with Crippen molar-refractivity contribution in [1.82, 2.24) is 29.5 Å². The summed E-state index contributed by atoms with van der Waals surface area (Å²) in [5, 5.41) is 22.9. The van der Waals surface area contributed by atoms with Crippen LogP contribution in [0, 0.1) is 0 Å². The molecular formula is C28H28ClN7O3. The van der Waals surface area contributed by atoms with Crippen LogP contribution in [-0.2, 0) is 10.5 Å². The number of pyridine rings is 1. The largest absolute Gasteiger partial charge is 0.386 e. The molecule has 10 nitrogen and oxygen atoms in total. The van der Waals surface area contributed by atoms with Gasteiger partial charge in [0.2, 0.25) is 5.66 Å². The lowest BCUT2D eigenvalue weighted by Crippen LogP contribution is -2.72. The number of piperazine rings is 1. The van der Waals surface area contributed by atoms with Crippen LogP contribution in [0.15, 0.2) is 91.6 Å². The SMILES string of the molecule is CCCN1C(=O)C(c2ccccn2)(n2cnnc2)N(C(=O)Nc2ccccc2)CC1C(O)c1ccc(Cl)cc1. The maximum Gasteiger partial charge on any atom is 0.324 e. The molecule has 2 aromatic heterocycles. The quantitative estimate of drug-likeness (QED) is 0.363. The van der Waals surface area contributed by atoms with E-state index in [1.807, 2.05) is 13.0 Å². The fourth-order valence-electron chi connectivity index (χ4n) is 5.05. The van der Waals surface area contributed by atoms with E-state index < -0.39 is 29.7 Å². The molecule has 4 aromatic rings. The maximum absolute atomic E-state index is 14.8. The second-order valence-corrected chi connectivity index (χ2v) is 9.66. The number of nitrogens with zero attached hydrogens (tertiary/aromatic N) is 6. The summed E-state index contributed by atoms with van der Waals surface area (Å²) in [6.45, 7) is 2.29. The monoisotopic (exact) mass is 545 g/mol. The molecule has 1 fully saturated rings. The van der Waals surface area contributed by atoms with Crippen LogP contribution in [0.4, 0.5) is 10.5 Å². The summed E-state index contributed by atoms with van der Waals surface area (Å²) in [7, 11) is 0. The predicted octanol–water partition coefficient (Wildman–Crippen LogP) is 3.92. The molecule has 39 heavy (non-hydrogen) atoms. The molecule has 11 heteroatoms. The van der Waals surface area contributed by atoms with Gasteiger partial charge in [-0.15, -0.1) is 10.2 Å². The van der Waals surface area contributed by atoms with Gasteiger partial charge >= 0.3 is 6.03 Å².